The Balaban J connectivity index is 2.01. The smallest absolute Gasteiger partial charge is 0.276 e. The first-order valence-corrected chi connectivity index (χ1v) is 7.39. The molecule has 4 heteroatoms. The summed E-state index contributed by atoms with van der Waals surface area (Å²) < 4.78 is 1.85. The van der Waals surface area contributed by atoms with Gasteiger partial charge in [-0.2, -0.15) is 0 Å². The number of carbonyl (C=O) groups excluding carboxylic acids is 1. The molecule has 2 aromatic rings. The molecule has 3 rings (SSSR count). The van der Waals surface area contributed by atoms with Crippen LogP contribution in [0, 0.1) is 12.8 Å². The molecular weight excluding hydrogens is 262 g/mol. The lowest BCUT2D eigenvalue weighted by atomic mass is 9.90. The van der Waals surface area contributed by atoms with Crippen molar-refractivity contribution in [2.75, 3.05) is 11.4 Å². The molecule has 1 atom stereocenters. The maximum atomic E-state index is 12.9. The van der Waals surface area contributed by atoms with Gasteiger partial charge in [-0.15, -0.1) is 0 Å². The Morgan fingerprint density at radius 1 is 1.33 bits per heavy atom. The fourth-order valence-electron chi connectivity index (χ4n) is 3.04. The number of nitrogens with zero attached hydrogens (tertiary/aromatic N) is 3. The Labute approximate surface area is 125 Å². The third-order valence-electron chi connectivity index (χ3n) is 4.50. The van der Waals surface area contributed by atoms with Gasteiger partial charge in [-0.25, -0.2) is 4.98 Å². The van der Waals surface area contributed by atoms with Gasteiger partial charge in [0.05, 0.1) is 6.20 Å². The standard InChI is InChI=1S/C17H21N3O/c1-11(2)14-10-20(15-8-6-5-7-13(14)15)17(21)16-9-18-12(3)19(16)4/h5-9,11,14H,10H2,1-4H3. The Bertz CT molecular complexity index is 687. The fourth-order valence-corrected chi connectivity index (χ4v) is 3.04. The predicted octanol–water partition coefficient (Wildman–Crippen LogP) is 3.13. The van der Waals surface area contributed by atoms with Crippen LogP contribution >= 0.6 is 0 Å². The van der Waals surface area contributed by atoms with E-state index < -0.39 is 0 Å². The maximum Gasteiger partial charge on any atom is 0.276 e. The molecular formula is C17H21N3O. The van der Waals surface area contributed by atoms with Crippen LogP contribution < -0.4 is 4.90 Å². The van der Waals surface area contributed by atoms with Crippen molar-refractivity contribution in [1.82, 2.24) is 9.55 Å². The number of aryl methyl sites for hydroxylation is 1. The van der Waals surface area contributed by atoms with E-state index in [-0.39, 0.29) is 5.91 Å². The number of fused-ring (bicyclic) bond motifs is 1. The zero-order valence-corrected chi connectivity index (χ0v) is 13.0. The summed E-state index contributed by atoms with van der Waals surface area (Å²) >= 11 is 0. The average molecular weight is 283 g/mol. The molecule has 0 aliphatic carbocycles. The molecule has 110 valence electrons. The molecule has 1 aromatic heterocycles. The maximum absolute atomic E-state index is 12.9. The molecule has 0 spiro atoms. The second-order valence-corrected chi connectivity index (χ2v) is 6.07. The van der Waals surface area contributed by atoms with Crippen molar-refractivity contribution < 1.29 is 4.79 Å². The lowest BCUT2D eigenvalue weighted by Gasteiger charge is -2.19. The average Bonchev–Trinajstić information content (AvgIpc) is 3.00. The van der Waals surface area contributed by atoms with Crippen LogP contribution in [0.15, 0.2) is 30.5 Å². The van der Waals surface area contributed by atoms with Gasteiger partial charge in [0.1, 0.15) is 11.5 Å². The van der Waals surface area contributed by atoms with Crippen LogP contribution in [0.5, 0.6) is 0 Å². The number of anilines is 1. The highest BCUT2D eigenvalue weighted by Crippen LogP contribution is 2.40. The first-order valence-electron chi connectivity index (χ1n) is 7.39. The van der Waals surface area contributed by atoms with Crippen molar-refractivity contribution in [2.24, 2.45) is 13.0 Å². The summed E-state index contributed by atoms with van der Waals surface area (Å²) in [5.41, 5.74) is 2.96. The van der Waals surface area contributed by atoms with Crippen molar-refractivity contribution in [3.63, 3.8) is 0 Å². The van der Waals surface area contributed by atoms with Gasteiger partial charge in [0.25, 0.3) is 5.91 Å². The van der Waals surface area contributed by atoms with Gasteiger partial charge < -0.3 is 9.47 Å². The second kappa shape index (κ2) is 5.02. The lowest BCUT2D eigenvalue weighted by molar-refractivity contribution is 0.0979. The number of benzene rings is 1. The van der Waals surface area contributed by atoms with E-state index in [1.165, 1.54) is 5.56 Å². The van der Waals surface area contributed by atoms with E-state index in [0.29, 0.717) is 17.5 Å². The lowest BCUT2D eigenvalue weighted by Crippen LogP contribution is -2.32. The van der Waals surface area contributed by atoms with Gasteiger partial charge in [0, 0.05) is 25.2 Å². The number of imidazole rings is 1. The van der Waals surface area contributed by atoms with E-state index in [4.69, 9.17) is 0 Å². The molecule has 0 saturated carbocycles. The van der Waals surface area contributed by atoms with Crippen molar-refractivity contribution in [2.45, 2.75) is 26.7 Å². The zero-order chi connectivity index (χ0) is 15.1. The van der Waals surface area contributed by atoms with Gasteiger partial charge in [0.15, 0.2) is 0 Å². The van der Waals surface area contributed by atoms with Crippen LogP contribution in [-0.2, 0) is 7.05 Å². The molecule has 0 radical (unpaired) electrons. The van der Waals surface area contributed by atoms with Gasteiger partial charge in [-0.1, -0.05) is 32.0 Å². The molecule has 0 saturated heterocycles. The van der Waals surface area contributed by atoms with Crippen LogP contribution in [0.3, 0.4) is 0 Å². The summed E-state index contributed by atoms with van der Waals surface area (Å²) in [7, 11) is 1.89. The van der Waals surface area contributed by atoms with Crippen molar-refractivity contribution in [1.29, 1.82) is 0 Å². The van der Waals surface area contributed by atoms with Crippen LogP contribution in [0.2, 0.25) is 0 Å². The van der Waals surface area contributed by atoms with Crippen LogP contribution in [0.4, 0.5) is 5.69 Å². The Morgan fingerprint density at radius 3 is 2.67 bits per heavy atom. The van der Waals surface area contributed by atoms with Crippen molar-refractivity contribution in [3.05, 3.63) is 47.5 Å². The van der Waals surface area contributed by atoms with E-state index in [1.807, 2.05) is 35.6 Å². The molecule has 1 amide bonds. The number of aromatic nitrogens is 2. The van der Waals surface area contributed by atoms with Gasteiger partial charge in [-0.3, -0.25) is 4.79 Å². The van der Waals surface area contributed by atoms with E-state index in [2.05, 4.69) is 31.0 Å². The Morgan fingerprint density at radius 2 is 2.05 bits per heavy atom. The number of rotatable bonds is 2. The van der Waals surface area contributed by atoms with Crippen LogP contribution in [-0.4, -0.2) is 22.0 Å². The number of amides is 1. The van der Waals surface area contributed by atoms with E-state index >= 15 is 0 Å². The second-order valence-electron chi connectivity index (χ2n) is 6.07. The first kappa shape index (κ1) is 13.9. The van der Waals surface area contributed by atoms with E-state index in [1.54, 1.807) is 6.20 Å². The molecule has 1 unspecified atom stereocenters. The van der Waals surface area contributed by atoms with Crippen molar-refractivity contribution >= 4 is 11.6 Å². The molecule has 0 N–H and O–H groups in total. The minimum absolute atomic E-state index is 0.0358. The minimum atomic E-state index is 0.0358. The van der Waals surface area contributed by atoms with Gasteiger partial charge in [-0.05, 0) is 24.5 Å². The van der Waals surface area contributed by atoms with Crippen molar-refractivity contribution in [3.8, 4) is 0 Å². The summed E-state index contributed by atoms with van der Waals surface area (Å²) in [5, 5.41) is 0. The van der Waals surface area contributed by atoms with Gasteiger partial charge in [0.2, 0.25) is 0 Å². The summed E-state index contributed by atoms with van der Waals surface area (Å²) in [6, 6.07) is 8.23. The number of para-hydroxylation sites is 1. The Kier molecular flexibility index (Phi) is 3.32. The Hall–Kier alpha value is -2.10. The molecule has 1 aromatic carbocycles. The molecule has 21 heavy (non-hydrogen) atoms. The minimum Gasteiger partial charge on any atom is -0.327 e. The number of carbonyl (C=O) groups is 1. The highest BCUT2D eigenvalue weighted by atomic mass is 16.2. The molecule has 4 nitrogen and oxygen atoms in total. The first-order chi connectivity index (χ1) is 10.0. The number of hydrogen-bond donors (Lipinski definition) is 0. The third kappa shape index (κ3) is 2.15. The van der Waals surface area contributed by atoms with Crippen LogP contribution in [0.1, 0.15) is 41.6 Å². The fraction of sp³-hybridized carbons (Fsp3) is 0.412. The topological polar surface area (TPSA) is 38.1 Å². The summed E-state index contributed by atoms with van der Waals surface area (Å²) in [6.45, 7) is 7.08. The molecule has 2 heterocycles. The monoisotopic (exact) mass is 283 g/mol. The molecule has 1 aliphatic rings. The SMILES string of the molecule is Cc1ncc(C(=O)N2CC(C(C)C)c3ccccc32)n1C. The molecule has 1 aliphatic heterocycles. The predicted molar refractivity (Wildman–Crippen MR) is 83.6 cm³/mol. The highest BCUT2D eigenvalue weighted by molar-refractivity contribution is 6.06. The van der Waals surface area contributed by atoms with Gasteiger partial charge >= 0.3 is 0 Å². The largest absolute Gasteiger partial charge is 0.327 e. The molecule has 0 bridgehead atoms. The number of hydrogen-bond acceptors (Lipinski definition) is 2. The summed E-state index contributed by atoms with van der Waals surface area (Å²) in [6.07, 6.45) is 1.67. The zero-order valence-electron chi connectivity index (χ0n) is 13.0. The normalized spacial score (nSPS) is 17.4. The third-order valence-corrected chi connectivity index (χ3v) is 4.50. The van der Waals surface area contributed by atoms with E-state index in [9.17, 15) is 4.79 Å². The highest BCUT2D eigenvalue weighted by Gasteiger charge is 2.34. The summed E-state index contributed by atoms with van der Waals surface area (Å²) in [5.74, 6) is 1.80. The van der Waals surface area contributed by atoms with Crippen LogP contribution in [0.25, 0.3) is 0 Å². The van der Waals surface area contributed by atoms with E-state index in [0.717, 1.165) is 18.1 Å². The summed E-state index contributed by atoms with van der Waals surface area (Å²) in [4.78, 5) is 19.0. The molecule has 0 fully saturated rings. The quantitative estimate of drug-likeness (QED) is 0.849.